The van der Waals surface area contributed by atoms with E-state index in [9.17, 15) is 4.79 Å². The van der Waals surface area contributed by atoms with E-state index >= 15 is 0 Å². The maximum Gasteiger partial charge on any atom is 0.372 e. The highest BCUT2D eigenvalue weighted by Crippen LogP contribution is 2.28. The Kier molecular flexibility index (Phi) is 4.15. The van der Waals surface area contributed by atoms with Crippen LogP contribution in [0.2, 0.25) is 0 Å². The summed E-state index contributed by atoms with van der Waals surface area (Å²) in [6.07, 6.45) is 1.37. The third kappa shape index (κ3) is 3.43. The summed E-state index contributed by atoms with van der Waals surface area (Å²) in [5, 5.41) is 9.14. The summed E-state index contributed by atoms with van der Waals surface area (Å²) < 4.78 is 10.8. The number of carboxylic acids is 1. The van der Waals surface area contributed by atoms with Gasteiger partial charge in [0.05, 0.1) is 6.26 Å². The summed E-state index contributed by atoms with van der Waals surface area (Å²) in [4.78, 5) is 11.2. The van der Waals surface area contributed by atoms with Crippen molar-refractivity contribution < 1.29 is 19.1 Å². The lowest BCUT2D eigenvalue weighted by Crippen LogP contribution is -1.97. The molecule has 3 rings (SSSR count). The predicted octanol–water partition coefficient (Wildman–Crippen LogP) is 4.53. The van der Waals surface area contributed by atoms with Crippen molar-refractivity contribution >= 4 is 5.97 Å². The van der Waals surface area contributed by atoms with Gasteiger partial charge in [-0.3, -0.25) is 0 Å². The van der Waals surface area contributed by atoms with Crippen molar-refractivity contribution in [2.24, 2.45) is 0 Å². The van der Waals surface area contributed by atoms with Gasteiger partial charge >= 0.3 is 5.97 Å². The van der Waals surface area contributed by atoms with Crippen molar-refractivity contribution in [1.29, 1.82) is 0 Å². The monoisotopic (exact) mass is 308 g/mol. The van der Waals surface area contributed by atoms with E-state index in [4.69, 9.17) is 14.3 Å². The fraction of sp³-hybridized carbons (Fsp3) is 0.105. The number of hydrogen-bond donors (Lipinski definition) is 1. The molecule has 0 spiro atoms. The minimum atomic E-state index is -1.09. The molecule has 0 saturated carbocycles. The van der Waals surface area contributed by atoms with Gasteiger partial charge in [0.25, 0.3) is 0 Å². The molecule has 0 unspecified atom stereocenters. The first-order chi connectivity index (χ1) is 11.1. The zero-order valence-corrected chi connectivity index (χ0v) is 12.7. The Bertz CT molecular complexity index is 833. The molecule has 1 heterocycles. The maximum atomic E-state index is 11.2. The second kappa shape index (κ2) is 6.40. The van der Waals surface area contributed by atoms with Gasteiger partial charge in [0, 0.05) is 5.56 Å². The lowest BCUT2D eigenvalue weighted by Gasteiger charge is -2.08. The fourth-order valence-corrected chi connectivity index (χ4v) is 2.42. The van der Waals surface area contributed by atoms with Crippen molar-refractivity contribution in [2.75, 3.05) is 0 Å². The number of furan rings is 1. The van der Waals surface area contributed by atoms with Crippen molar-refractivity contribution in [3.8, 4) is 16.9 Å². The first kappa shape index (κ1) is 14.9. The molecule has 0 aliphatic heterocycles. The molecule has 116 valence electrons. The first-order valence-corrected chi connectivity index (χ1v) is 7.23. The van der Waals surface area contributed by atoms with Crippen LogP contribution in [0.15, 0.2) is 65.3 Å². The van der Waals surface area contributed by atoms with Crippen molar-refractivity contribution in [3.05, 3.63) is 77.7 Å². The van der Waals surface area contributed by atoms with E-state index in [1.807, 2.05) is 49.4 Å². The Balaban J connectivity index is 1.80. The first-order valence-electron chi connectivity index (χ1n) is 7.23. The highest BCUT2D eigenvalue weighted by atomic mass is 16.5. The third-order valence-corrected chi connectivity index (χ3v) is 3.49. The maximum absolute atomic E-state index is 11.2. The fourth-order valence-electron chi connectivity index (χ4n) is 2.42. The molecule has 2 aromatic carbocycles. The molecule has 0 amide bonds. The number of ether oxygens (including phenoxy) is 1. The number of carboxylic acid groups (broad SMARTS) is 1. The summed E-state index contributed by atoms with van der Waals surface area (Å²) >= 11 is 0. The topological polar surface area (TPSA) is 59.7 Å². The number of carbonyl (C=O) groups is 1. The van der Waals surface area contributed by atoms with Gasteiger partial charge in [-0.2, -0.15) is 0 Å². The Morgan fingerprint density at radius 2 is 1.96 bits per heavy atom. The Morgan fingerprint density at radius 3 is 2.74 bits per heavy atom. The van der Waals surface area contributed by atoms with E-state index in [1.54, 1.807) is 6.07 Å². The summed E-state index contributed by atoms with van der Waals surface area (Å²) in [6, 6.07) is 17.1. The largest absolute Gasteiger partial charge is 0.489 e. The molecule has 0 aliphatic carbocycles. The number of rotatable bonds is 5. The van der Waals surface area contributed by atoms with Crippen LogP contribution in [-0.2, 0) is 6.61 Å². The molecular weight excluding hydrogens is 292 g/mol. The van der Waals surface area contributed by atoms with Crippen LogP contribution in [0.4, 0.5) is 0 Å². The van der Waals surface area contributed by atoms with E-state index in [2.05, 4.69) is 6.07 Å². The summed E-state index contributed by atoms with van der Waals surface area (Å²) in [5.74, 6) is -0.474. The van der Waals surface area contributed by atoms with Crippen LogP contribution in [0.3, 0.4) is 0 Å². The summed E-state index contributed by atoms with van der Waals surface area (Å²) in [7, 11) is 0. The Morgan fingerprint density at radius 1 is 1.13 bits per heavy atom. The van der Waals surface area contributed by atoms with Crippen LogP contribution in [0, 0.1) is 6.92 Å². The molecular formula is C19H16O4. The molecule has 1 aromatic heterocycles. The second-order valence-electron chi connectivity index (χ2n) is 5.27. The number of benzene rings is 2. The average Bonchev–Trinajstić information content (AvgIpc) is 3.03. The molecule has 1 N–H and O–H groups in total. The molecule has 0 aliphatic rings. The van der Waals surface area contributed by atoms with Crippen molar-refractivity contribution in [3.63, 3.8) is 0 Å². The number of aromatic carboxylic acids is 1. The van der Waals surface area contributed by atoms with Crippen molar-refractivity contribution in [1.82, 2.24) is 0 Å². The average molecular weight is 308 g/mol. The van der Waals surface area contributed by atoms with E-state index < -0.39 is 5.97 Å². The van der Waals surface area contributed by atoms with E-state index in [-0.39, 0.29) is 5.76 Å². The summed E-state index contributed by atoms with van der Waals surface area (Å²) in [6.45, 7) is 2.50. The van der Waals surface area contributed by atoms with Gasteiger partial charge in [0.2, 0.25) is 5.76 Å². The van der Waals surface area contributed by atoms with Gasteiger partial charge in [-0.25, -0.2) is 4.79 Å². The summed E-state index contributed by atoms with van der Waals surface area (Å²) in [5.41, 5.74) is 3.56. The van der Waals surface area contributed by atoms with Gasteiger partial charge in [0.1, 0.15) is 12.4 Å². The molecule has 23 heavy (non-hydrogen) atoms. The van der Waals surface area contributed by atoms with Crippen LogP contribution < -0.4 is 4.74 Å². The normalized spacial score (nSPS) is 10.5. The smallest absolute Gasteiger partial charge is 0.372 e. The van der Waals surface area contributed by atoms with Gasteiger partial charge in [-0.05, 0) is 36.2 Å². The lowest BCUT2D eigenvalue weighted by atomic mass is 10.1. The zero-order valence-electron chi connectivity index (χ0n) is 12.7. The van der Waals surface area contributed by atoms with E-state index in [0.29, 0.717) is 17.9 Å². The van der Waals surface area contributed by atoms with Crippen LogP contribution in [0.1, 0.15) is 21.7 Å². The van der Waals surface area contributed by atoms with Gasteiger partial charge in [0.15, 0.2) is 0 Å². The third-order valence-electron chi connectivity index (χ3n) is 3.49. The van der Waals surface area contributed by atoms with Crippen molar-refractivity contribution in [2.45, 2.75) is 13.5 Å². The van der Waals surface area contributed by atoms with Gasteiger partial charge < -0.3 is 14.3 Å². The van der Waals surface area contributed by atoms with Crippen LogP contribution in [-0.4, -0.2) is 11.1 Å². The SMILES string of the molecule is Cc1cccc(COc2cccc(-c3ccoc3C(=O)O)c2)c1. The Hall–Kier alpha value is -3.01. The molecule has 0 fully saturated rings. The molecule has 0 atom stereocenters. The van der Waals surface area contributed by atoms with Crippen LogP contribution >= 0.6 is 0 Å². The molecule has 4 heteroatoms. The standard InChI is InChI=1S/C19H16O4/c1-13-4-2-5-14(10-13)12-23-16-7-3-6-15(11-16)17-8-9-22-18(17)19(20)21/h2-11H,12H2,1H3,(H,20,21). The predicted molar refractivity (Wildman–Crippen MR) is 86.6 cm³/mol. The van der Waals surface area contributed by atoms with E-state index in [1.165, 1.54) is 11.8 Å². The second-order valence-corrected chi connectivity index (χ2v) is 5.27. The number of hydrogen-bond acceptors (Lipinski definition) is 3. The van der Waals surface area contributed by atoms with Gasteiger partial charge in [-0.15, -0.1) is 0 Å². The Labute approximate surface area is 134 Å². The quantitative estimate of drug-likeness (QED) is 0.752. The lowest BCUT2D eigenvalue weighted by molar-refractivity contribution is 0.0663. The molecule has 4 nitrogen and oxygen atoms in total. The van der Waals surface area contributed by atoms with E-state index in [0.717, 1.165) is 11.1 Å². The number of aryl methyl sites for hydroxylation is 1. The van der Waals surface area contributed by atoms with Crippen LogP contribution in [0.25, 0.3) is 11.1 Å². The molecule has 0 saturated heterocycles. The van der Waals surface area contributed by atoms with Crippen LogP contribution in [0.5, 0.6) is 5.75 Å². The highest BCUT2D eigenvalue weighted by Gasteiger charge is 2.15. The minimum absolute atomic E-state index is 0.0687. The highest BCUT2D eigenvalue weighted by molar-refractivity contribution is 5.93. The molecule has 0 radical (unpaired) electrons. The molecule has 3 aromatic rings. The molecule has 0 bridgehead atoms. The van der Waals surface area contributed by atoms with Gasteiger partial charge in [-0.1, -0.05) is 42.0 Å². The zero-order chi connectivity index (χ0) is 16.2. The minimum Gasteiger partial charge on any atom is -0.489 e.